The van der Waals surface area contributed by atoms with Crippen molar-refractivity contribution in [2.24, 2.45) is 0 Å². The van der Waals surface area contributed by atoms with Gasteiger partial charge in [0.15, 0.2) is 5.13 Å². The second-order valence-electron chi connectivity index (χ2n) is 3.68. The molecule has 1 heterocycles. The van der Waals surface area contributed by atoms with Gasteiger partial charge in [0.05, 0.1) is 5.41 Å². The molecule has 0 unspecified atom stereocenters. The Hall–Kier alpha value is -0.900. The average Bonchev–Trinajstić information content (AvgIpc) is 2.75. The molecule has 0 radical (unpaired) electrons. The molecule has 0 aromatic carbocycles. The van der Waals surface area contributed by atoms with E-state index in [1.54, 1.807) is 11.3 Å². The van der Waals surface area contributed by atoms with Crippen molar-refractivity contribution >= 4 is 22.8 Å². The van der Waals surface area contributed by atoms with Crippen LogP contribution in [0, 0.1) is 0 Å². The number of thiazole rings is 1. The van der Waals surface area contributed by atoms with Gasteiger partial charge in [-0.25, -0.2) is 4.98 Å². The first kappa shape index (κ1) is 8.69. The Morgan fingerprint density at radius 1 is 1.62 bits per heavy atom. The number of carbonyl (C=O) groups excluding carboxylic acids is 1. The molecule has 1 saturated carbocycles. The Morgan fingerprint density at radius 2 is 2.31 bits per heavy atom. The molecule has 1 fully saturated rings. The van der Waals surface area contributed by atoms with E-state index in [0.717, 1.165) is 29.1 Å². The van der Waals surface area contributed by atoms with Crippen LogP contribution in [0.1, 0.15) is 17.7 Å². The van der Waals surface area contributed by atoms with E-state index in [-0.39, 0.29) is 5.41 Å². The predicted octanol–water partition coefficient (Wildman–Crippen LogP) is 1.44. The molecule has 70 valence electrons. The van der Waals surface area contributed by atoms with Crippen LogP contribution in [0.25, 0.3) is 0 Å². The SMILES string of the molecule is CN(C)c1ncc(C2(C=O)CC2)s1. The summed E-state index contributed by atoms with van der Waals surface area (Å²) in [5.41, 5.74) is -0.161. The van der Waals surface area contributed by atoms with E-state index in [1.165, 1.54) is 0 Å². The number of anilines is 1. The number of hydrogen-bond acceptors (Lipinski definition) is 4. The predicted molar refractivity (Wildman–Crippen MR) is 53.4 cm³/mol. The fourth-order valence-electron chi connectivity index (χ4n) is 1.26. The number of carbonyl (C=O) groups is 1. The van der Waals surface area contributed by atoms with E-state index in [1.807, 2.05) is 25.2 Å². The zero-order chi connectivity index (χ0) is 9.47. The van der Waals surface area contributed by atoms with Crippen LogP contribution in [0.2, 0.25) is 0 Å². The Morgan fingerprint density at radius 3 is 2.69 bits per heavy atom. The molecule has 3 nitrogen and oxygen atoms in total. The highest BCUT2D eigenvalue weighted by atomic mass is 32.1. The highest BCUT2D eigenvalue weighted by molar-refractivity contribution is 7.15. The van der Waals surface area contributed by atoms with Gasteiger partial charge in [-0.3, -0.25) is 0 Å². The van der Waals surface area contributed by atoms with Gasteiger partial charge < -0.3 is 9.69 Å². The minimum atomic E-state index is -0.161. The van der Waals surface area contributed by atoms with Gasteiger partial charge in [0.1, 0.15) is 6.29 Å². The lowest BCUT2D eigenvalue weighted by molar-refractivity contribution is -0.109. The van der Waals surface area contributed by atoms with Crippen molar-refractivity contribution in [3.8, 4) is 0 Å². The Balaban J connectivity index is 2.27. The number of rotatable bonds is 3. The van der Waals surface area contributed by atoms with E-state index in [0.29, 0.717) is 0 Å². The summed E-state index contributed by atoms with van der Waals surface area (Å²) >= 11 is 1.62. The Labute approximate surface area is 81.4 Å². The largest absolute Gasteiger partial charge is 0.354 e. The second kappa shape index (κ2) is 2.80. The summed E-state index contributed by atoms with van der Waals surface area (Å²) in [5.74, 6) is 0. The van der Waals surface area contributed by atoms with Crippen molar-refractivity contribution in [1.82, 2.24) is 4.98 Å². The molecule has 0 saturated heterocycles. The molecule has 1 aromatic heterocycles. The van der Waals surface area contributed by atoms with Gasteiger partial charge in [0, 0.05) is 25.2 Å². The lowest BCUT2D eigenvalue weighted by Gasteiger charge is -2.06. The first-order chi connectivity index (χ1) is 6.18. The number of aldehydes is 1. The molecular formula is C9H12N2OS. The molecule has 1 aliphatic rings. The minimum absolute atomic E-state index is 0.161. The molecule has 1 aromatic rings. The highest BCUT2D eigenvalue weighted by Crippen LogP contribution is 2.49. The Bertz CT molecular complexity index is 328. The molecule has 0 bridgehead atoms. The van der Waals surface area contributed by atoms with Gasteiger partial charge in [-0.05, 0) is 12.8 Å². The van der Waals surface area contributed by atoms with Crippen LogP contribution in [-0.2, 0) is 10.2 Å². The molecular weight excluding hydrogens is 184 g/mol. The summed E-state index contributed by atoms with van der Waals surface area (Å²) in [6.07, 6.45) is 4.89. The smallest absolute Gasteiger partial charge is 0.185 e. The third-order valence-corrected chi connectivity index (χ3v) is 3.77. The number of nitrogens with zero attached hydrogens (tertiary/aromatic N) is 2. The van der Waals surface area contributed by atoms with Crippen molar-refractivity contribution in [2.75, 3.05) is 19.0 Å². The van der Waals surface area contributed by atoms with Crippen LogP contribution in [0.4, 0.5) is 5.13 Å². The van der Waals surface area contributed by atoms with Gasteiger partial charge in [-0.2, -0.15) is 0 Å². The standard InChI is InChI=1S/C9H12N2OS/c1-11(2)8-10-5-7(13-8)9(6-12)3-4-9/h5-6H,3-4H2,1-2H3. The van der Waals surface area contributed by atoms with E-state index in [2.05, 4.69) is 4.98 Å². The topological polar surface area (TPSA) is 33.2 Å². The zero-order valence-corrected chi connectivity index (χ0v) is 8.60. The first-order valence-electron chi connectivity index (χ1n) is 4.28. The molecule has 13 heavy (non-hydrogen) atoms. The molecule has 0 amide bonds. The molecule has 1 aliphatic carbocycles. The molecule has 0 atom stereocenters. The summed E-state index contributed by atoms with van der Waals surface area (Å²) in [7, 11) is 3.92. The second-order valence-corrected chi connectivity index (χ2v) is 4.68. The van der Waals surface area contributed by atoms with Gasteiger partial charge >= 0.3 is 0 Å². The monoisotopic (exact) mass is 196 g/mol. The molecule has 0 N–H and O–H groups in total. The van der Waals surface area contributed by atoms with Crippen molar-refractivity contribution in [1.29, 1.82) is 0 Å². The van der Waals surface area contributed by atoms with Crippen LogP contribution < -0.4 is 4.90 Å². The third kappa shape index (κ3) is 1.35. The quantitative estimate of drug-likeness (QED) is 0.686. The zero-order valence-electron chi connectivity index (χ0n) is 7.78. The van der Waals surface area contributed by atoms with Crippen LogP contribution >= 0.6 is 11.3 Å². The Kier molecular flexibility index (Phi) is 1.87. The highest BCUT2D eigenvalue weighted by Gasteiger charge is 2.46. The van der Waals surface area contributed by atoms with E-state index < -0.39 is 0 Å². The van der Waals surface area contributed by atoms with Crippen LogP contribution in [0.5, 0.6) is 0 Å². The molecule has 0 aliphatic heterocycles. The summed E-state index contributed by atoms with van der Waals surface area (Å²) < 4.78 is 0. The van der Waals surface area contributed by atoms with Crippen molar-refractivity contribution < 1.29 is 4.79 Å². The van der Waals surface area contributed by atoms with Crippen molar-refractivity contribution in [2.45, 2.75) is 18.3 Å². The van der Waals surface area contributed by atoms with Gasteiger partial charge in [-0.1, -0.05) is 0 Å². The van der Waals surface area contributed by atoms with Crippen LogP contribution in [0.3, 0.4) is 0 Å². The molecule has 2 rings (SSSR count). The van der Waals surface area contributed by atoms with Crippen LogP contribution in [-0.4, -0.2) is 25.4 Å². The van der Waals surface area contributed by atoms with E-state index in [9.17, 15) is 4.79 Å². The lowest BCUT2D eigenvalue weighted by Crippen LogP contribution is -2.07. The summed E-state index contributed by atoms with van der Waals surface area (Å²) in [6, 6.07) is 0. The maximum Gasteiger partial charge on any atom is 0.185 e. The summed E-state index contributed by atoms with van der Waals surface area (Å²) in [6.45, 7) is 0. The fourth-order valence-corrected chi connectivity index (χ4v) is 2.30. The normalized spacial score (nSPS) is 18.3. The molecule has 4 heteroatoms. The summed E-state index contributed by atoms with van der Waals surface area (Å²) in [5, 5.41) is 0.975. The maximum absolute atomic E-state index is 10.8. The number of aromatic nitrogens is 1. The third-order valence-electron chi connectivity index (χ3n) is 2.38. The van der Waals surface area contributed by atoms with E-state index in [4.69, 9.17) is 0 Å². The van der Waals surface area contributed by atoms with Crippen molar-refractivity contribution in [3.05, 3.63) is 11.1 Å². The lowest BCUT2D eigenvalue weighted by atomic mass is 10.1. The molecule has 0 spiro atoms. The number of hydrogen-bond donors (Lipinski definition) is 0. The van der Waals surface area contributed by atoms with E-state index >= 15 is 0 Å². The van der Waals surface area contributed by atoms with Crippen LogP contribution in [0.15, 0.2) is 6.20 Å². The fraction of sp³-hybridized carbons (Fsp3) is 0.556. The van der Waals surface area contributed by atoms with Crippen molar-refractivity contribution in [3.63, 3.8) is 0 Å². The maximum atomic E-state index is 10.8. The summed E-state index contributed by atoms with van der Waals surface area (Å²) in [4.78, 5) is 18.2. The average molecular weight is 196 g/mol. The van der Waals surface area contributed by atoms with Gasteiger partial charge in [0.25, 0.3) is 0 Å². The van der Waals surface area contributed by atoms with Gasteiger partial charge in [0.2, 0.25) is 0 Å². The first-order valence-corrected chi connectivity index (χ1v) is 5.09. The van der Waals surface area contributed by atoms with Gasteiger partial charge in [-0.15, -0.1) is 11.3 Å². The minimum Gasteiger partial charge on any atom is -0.354 e.